The third kappa shape index (κ3) is 11.6. The number of aryl methyl sites for hydroxylation is 1. The van der Waals surface area contributed by atoms with Gasteiger partial charge in [-0.15, -0.1) is 0 Å². The van der Waals surface area contributed by atoms with Crippen LogP contribution < -0.4 is 0 Å². The average Bonchev–Trinajstić information content (AvgIpc) is 2.81. The fourth-order valence-electron chi connectivity index (χ4n) is 3.52. The average molecular weight is 409 g/mol. The van der Waals surface area contributed by atoms with E-state index in [1.54, 1.807) is 0 Å². The lowest BCUT2D eigenvalue weighted by atomic mass is 9.95. The van der Waals surface area contributed by atoms with Crippen LogP contribution in [0.2, 0.25) is 0 Å². The Morgan fingerprint density at radius 3 is 1.87 bits per heavy atom. The Balaban J connectivity index is 0.000000656. The number of carbonyl (C=O) groups is 1. The van der Waals surface area contributed by atoms with Gasteiger partial charge in [-0.2, -0.15) is 0 Å². The zero-order valence-corrected chi connectivity index (χ0v) is 19.1. The fraction of sp³-hybridized carbons (Fsp3) is 0.464. The molecule has 2 nitrogen and oxygen atoms in total. The van der Waals surface area contributed by atoms with Gasteiger partial charge >= 0.3 is 5.97 Å². The number of hydrogen-bond acceptors (Lipinski definition) is 2. The van der Waals surface area contributed by atoms with Crippen molar-refractivity contribution in [1.29, 1.82) is 0 Å². The summed E-state index contributed by atoms with van der Waals surface area (Å²) in [5.41, 5.74) is 4.26. The predicted molar refractivity (Wildman–Crippen MR) is 130 cm³/mol. The molecule has 0 unspecified atom stereocenters. The molecule has 0 aromatic heterocycles. The zero-order chi connectivity index (χ0) is 21.9. The smallest absolute Gasteiger partial charge is 0.329 e. The molecule has 0 aliphatic rings. The van der Waals surface area contributed by atoms with Gasteiger partial charge in [0, 0.05) is 6.08 Å². The first kappa shape index (κ1) is 25.7. The molecule has 2 heteroatoms. The highest BCUT2D eigenvalue weighted by Gasteiger charge is 2.03. The van der Waals surface area contributed by atoms with E-state index in [1.807, 2.05) is 0 Å². The molecule has 0 amide bonds. The SMILES string of the molecule is C=CC(=O)OC.CCCCCCCCCCCCc1ccccc1-c1ccccc1. The van der Waals surface area contributed by atoms with Crippen LogP contribution in [0.4, 0.5) is 0 Å². The van der Waals surface area contributed by atoms with Crippen molar-refractivity contribution in [1.82, 2.24) is 0 Å². The van der Waals surface area contributed by atoms with Crippen molar-refractivity contribution < 1.29 is 9.53 Å². The lowest BCUT2D eigenvalue weighted by molar-refractivity contribution is -0.134. The van der Waals surface area contributed by atoms with Gasteiger partial charge in [0.05, 0.1) is 7.11 Å². The number of rotatable bonds is 13. The Morgan fingerprint density at radius 1 is 0.800 bits per heavy atom. The summed E-state index contributed by atoms with van der Waals surface area (Å²) < 4.78 is 4.14. The maximum absolute atomic E-state index is 9.84. The summed E-state index contributed by atoms with van der Waals surface area (Å²) in [5.74, 6) is -0.394. The molecule has 0 fully saturated rings. The second-order valence-corrected chi connectivity index (χ2v) is 7.68. The van der Waals surface area contributed by atoms with Crippen LogP contribution in [0, 0.1) is 0 Å². The molecular weight excluding hydrogens is 368 g/mol. The summed E-state index contributed by atoms with van der Waals surface area (Å²) in [7, 11) is 1.31. The number of benzene rings is 2. The zero-order valence-electron chi connectivity index (χ0n) is 19.1. The van der Waals surface area contributed by atoms with Crippen LogP contribution in [0.1, 0.15) is 76.7 Å². The lowest BCUT2D eigenvalue weighted by Gasteiger charge is -2.09. The molecule has 0 atom stereocenters. The highest BCUT2D eigenvalue weighted by atomic mass is 16.5. The van der Waals surface area contributed by atoms with Crippen LogP contribution >= 0.6 is 0 Å². The van der Waals surface area contributed by atoms with Gasteiger partial charge in [0.25, 0.3) is 0 Å². The topological polar surface area (TPSA) is 26.3 Å². The minimum Gasteiger partial charge on any atom is -0.466 e. The predicted octanol–water partition coefficient (Wildman–Crippen LogP) is 8.16. The molecule has 164 valence electrons. The highest BCUT2D eigenvalue weighted by molar-refractivity contribution is 5.80. The van der Waals surface area contributed by atoms with Gasteiger partial charge in [-0.1, -0.05) is 126 Å². The normalized spacial score (nSPS) is 10.1. The van der Waals surface area contributed by atoms with Crippen molar-refractivity contribution in [3.8, 4) is 11.1 Å². The van der Waals surface area contributed by atoms with Gasteiger partial charge in [0.15, 0.2) is 0 Å². The van der Waals surface area contributed by atoms with Crippen molar-refractivity contribution in [3.63, 3.8) is 0 Å². The van der Waals surface area contributed by atoms with Gasteiger partial charge in [-0.3, -0.25) is 0 Å². The van der Waals surface area contributed by atoms with E-state index in [0.717, 1.165) is 6.08 Å². The highest BCUT2D eigenvalue weighted by Crippen LogP contribution is 2.25. The second-order valence-electron chi connectivity index (χ2n) is 7.68. The van der Waals surface area contributed by atoms with Crippen molar-refractivity contribution in [3.05, 3.63) is 72.8 Å². The molecule has 0 heterocycles. The van der Waals surface area contributed by atoms with E-state index in [4.69, 9.17) is 0 Å². The number of unbranched alkanes of at least 4 members (excludes halogenated alkanes) is 9. The van der Waals surface area contributed by atoms with E-state index in [2.05, 4.69) is 72.8 Å². The van der Waals surface area contributed by atoms with Crippen LogP contribution in [0.25, 0.3) is 11.1 Å². The van der Waals surface area contributed by atoms with Gasteiger partial charge in [-0.05, 0) is 29.5 Å². The van der Waals surface area contributed by atoms with E-state index in [1.165, 1.54) is 94.4 Å². The van der Waals surface area contributed by atoms with Crippen molar-refractivity contribution in [2.75, 3.05) is 7.11 Å². The summed E-state index contributed by atoms with van der Waals surface area (Å²) in [5, 5.41) is 0. The van der Waals surface area contributed by atoms with Crippen molar-refractivity contribution in [2.24, 2.45) is 0 Å². The summed E-state index contributed by atoms with van der Waals surface area (Å²) >= 11 is 0. The van der Waals surface area contributed by atoms with E-state index >= 15 is 0 Å². The van der Waals surface area contributed by atoms with Crippen LogP contribution in [-0.2, 0) is 16.0 Å². The summed E-state index contributed by atoms with van der Waals surface area (Å²) in [6.45, 7) is 5.44. The second kappa shape index (κ2) is 17.5. The molecule has 0 aliphatic heterocycles. The number of carbonyl (C=O) groups excluding carboxylic acids is 1. The molecule has 0 aliphatic carbocycles. The fourth-order valence-corrected chi connectivity index (χ4v) is 3.52. The Hall–Kier alpha value is -2.35. The molecule has 30 heavy (non-hydrogen) atoms. The van der Waals surface area contributed by atoms with Crippen LogP contribution in [0.5, 0.6) is 0 Å². The molecule has 0 radical (unpaired) electrons. The number of methoxy groups -OCH3 is 1. The van der Waals surface area contributed by atoms with Crippen LogP contribution in [-0.4, -0.2) is 13.1 Å². The first-order valence-corrected chi connectivity index (χ1v) is 11.6. The molecule has 0 spiro atoms. The Morgan fingerprint density at radius 2 is 1.33 bits per heavy atom. The molecular formula is C28H40O2. The third-order valence-corrected chi connectivity index (χ3v) is 5.27. The molecule has 2 rings (SSSR count). The van der Waals surface area contributed by atoms with Gasteiger partial charge in [0.1, 0.15) is 0 Å². The Bertz CT molecular complexity index is 691. The molecule has 0 N–H and O–H groups in total. The molecule has 0 saturated heterocycles. The molecule has 0 saturated carbocycles. The van der Waals surface area contributed by atoms with E-state index in [0.29, 0.717) is 0 Å². The first-order valence-electron chi connectivity index (χ1n) is 11.6. The number of ether oxygens (including phenoxy) is 1. The van der Waals surface area contributed by atoms with E-state index < -0.39 is 5.97 Å². The van der Waals surface area contributed by atoms with E-state index in [9.17, 15) is 4.79 Å². The Kier molecular flexibility index (Phi) is 15.0. The molecule has 0 bridgehead atoms. The van der Waals surface area contributed by atoms with Gasteiger partial charge in [-0.25, -0.2) is 4.79 Å². The number of hydrogen-bond donors (Lipinski definition) is 0. The van der Waals surface area contributed by atoms with Crippen LogP contribution in [0.15, 0.2) is 67.3 Å². The number of esters is 1. The quantitative estimate of drug-likeness (QED) is 0.190. The molecule has 2 aromatic rings. The summed E-state index contributed by atoms with van der Waals surface area (Å²) in [6, 6.07) is 19.7. The van der Waals surface area contributed by atoms with Gasteiger partial charge in [0.2, 0.25) is 0 Å². The third-order valence-electron chi connectivity index (χ3n) is 5.27. The van der Waals surface area contributed by atoms with E-state index in [-0.39, 0.29) is 0 Å². The largest absolute Gasteiger partial charge is 0.466 e. The lowest BCUT2D eigenvalue weighted by Crippen LogP contribution is -1.91. The Labute approximate surface area is 184 Å². The van der Waals surface area contributed by atoms with Crippen LogP contribution in [0.3, 0.4) is 0 Å². The summed E-state index contributed by atoms with van der Waals surface area (Å²) in [6.07, 6.45) is 16.4. The standard InChI is InChI=1S/C24H34.C4H6O2/c1-2-3-4-5-6-7-8-9-10-12-17-23-20-15-16-21-24(23)22-18-13-11-14-19-22;1-3-4(5)6-2/h11,13-16,18-21H,2-10,12,17H2,1H3;3H,1H2,2H3. The van der Waals surface area contributed by atoms with Gasteiger partial charge < -0.3 is 4.74 Å². The minimum atomic E-state index is -0.394. The molecule has 2 aromatic carbocycles. The summed E-state index contributed by atoms with van der Waals surface area (Å²) in [4.78, 5) is 9.84. The van der Waals surface area contributed by atoms with Crippen molar-refractivity contribution >= 4 is 5.97 Å². The first-order chi connectivity index (χ1) is 14.7. The van der Waals surface area contributed by atoms with Crippen molar-refractivity contribution in [2.45, 2.75) is 77.6 Å². The minimum absolute atomic E-state index is 0.394. The monoisotopic (exact) mass is 408 g/mol. The maximum atomic E-state index is 9.84. The maximum Gasteiger partial charge on any atom is 0.329 e.